The molecule has 1 aliphatic rings. The second-order valence-corrected chi connectivity index (χ2v) is 10.1. The number of furan rings is 1. The van der Waals surface area contributed by atoms with Gasteiger partial charge in [0.05, 0.1) is 31.9 Å². The summed E-state index contributed by atoms with van der Waals surface area (Å²) in [6.07, 6.45) is 0. The molecular weight excluding hydrogens is 454 g/mol. The zero-order chi connectivity index (χ0) is 22.7. The summed E-state index contributed by atoms with van der Waals surface area (Å²) in [7, 11) is -2.43. The fraction of sp³-hybridized carbons (Fsp3) is 0.333. The van der Waals surface area contributed by atoms with Crippen LogP contribution in [0.25, 0.3) is 11.5 Å². The van der Waals surface area contributed by atoms with E-state index < -0.39 is 15.9 Å². The first-order valence-electron chi connectivity index (χ1n) is 9.94. The highest BCUT2D eigenvalue weighted by molar-refractivity contribution is 7.89. The Labute approximate surface area is 190 Å². The number of nitrogens with zero attached hydrogens (tertiary/aromatic N) is 2. The van der Waals surface area contributed by atoms with E-state index in [-0.39, 0.29) is 35.8 Å². The van der Waals surface area contributed by atoms with Crippen molar-refractivity contribution in [3.63, 3.8) is 0 Å². The summed E-state index contributed by atoms with van der Waals surface area (Å²) < 4.78 is 43.8. The van der Waals surface area contributed by atoms with Gasteiger partial charge in [-0.2, -0.15) is 4.31 Å². The minimum absolute atomic E-state index is 0.0475. The molecule has 0 spiro atoms. The molecule has 1 aromatic carbocycles. The topological polar surface area (TPSA) is 111 Å². The van der Waals surface area contributed by atoms with Gasteiger partial charge in [-0.25, -0.2) is 13.4 Å². The summed E-state index contributed by atoms with van der Waals surface area (Å²) in [5.74, 6) is 0.950. The number of thiazole rings is 1. The lowest BCUT2D eigenvalue weighted by atomic mass is 10.2. The molecule has 1 saturated heterocycles. The van der Waals surface area contributed by atoms with Gasteiger partial charge in [0.15, 0.2) is 5.76 Å². The van der Waals surface area contributed by atoms with Crippen LogP contribution in [0, 0.1) is 6.92 Å². The van der Waals surface area contributed by atoms with Gasteiger partial charge >= 0.3 is 0 Å². The van der Waals surface area contributed by atoms with E-state index in [1.807, 2.05) is 12.3 Å². The fourth-order valence-electron chi connectivity index (χ4n) is 3.30. The van der Waals surface area contributed by atoms with Crippen LogP contribution in [0.3, 0.4) is 0 Å². The molecule has 1 fully saturated rings. The van der Waals surface area contributed by atoms with Crippen molar-refractivity contribution in [2.45, 2.75) is 18.4 Å². The Morgan fingerprint density at radius 3 is 2.72 bits per heavy atom. The van der Waals surface area contributed by atoms with Crippen molar-refractivity contribution >= 4 is 27.3 Å². The highest BCUT2D eigenvalue weighted by Crippen LogP contribution is 2.29. The number of hydrogen-bond donors (Lipinski definition) is 1. The SMILES string of the molecule is COc1ccc(C(=O)NCc2ccc(-c3csc(C)n3)o2)cc1S(=O)(=O)N1CCOCC1. The number of methoxy groups -OCH3 is 1. The molecular formula is C21H23N3O6S2. The second kappa shape index (κ2) is 9.41. The molecule has 0 bridgehead atoms. The molecule has 0 unspecified atom stereocenters. The first-order valence-corrected chi connectivity index (χ1v) is 12.3. The molecule has 3 heterocycles. The van der Waals surface area contributed by atoms with Gasteiger partial charge in [0.1, 0.15) is 22.1 Å². The van der Waals surface area contributed by atoms with E-state index in [2.05, 4.69) is 10.3 Å². The molecule has 32 heavy (non-hydrogen) atoms. The van der Waals surface area contributed by atoms with E-state index in [0.29, 0.717) is 24.7 Å². The van der Waals surface area contributed by atoms with Crippen LogP contribution in [-0.4, -0.2) is 57.0 Å². The minimum Gasteiger partial charge on any atom is -0.495 e. The van der Waals surface area contributed by atoms with Gasteiger partial charge in [0.2, 0.25) is 10.0 Å². The van der Waals surface area contributed by atoms with Gasteiger partial charge in [-0.05, 0) is 37.3 Å². The van der Waals surface area contributed by atoms with Gasteiger partial charge in [0.25, 0.3) is 5.91 Å². The lowest BCUT2D eigenvalue weighted by Crippen LogP contribution is -2.40. The van der Waals surface area contributed by atoms with Crippen LogP contribution < -0.4 is 10.1 Å². The average molecular weight is 478 g/mol. The molecule has 0 saturated carbocycles. The molecule has 3 aromatic rings. The first kappa shape index (κ1) is 22.5. The van der Waals surface area contributed by atoms with Crippen molar-refractivity contribution in [1.29, 1.82) is 0 Å². The molecule has 4 rings (SSSR count). The Kier molecular flexibility index (Phi) is 6.60. The summed E-state index contributed by atoms with van der Waals surface area (Å²) in [5.41, 5.74) is 0.956. The third-order valence-corrected chi connectivity index (χ3v) is 7.66. The first-order chi connectivity index (χ1) is 15.4. The molecule has 0 radical (unpaired) electrons. The average Bonchev–Trinajstić information content (AvgIpc) is 3.46. The standard InChI is InChI=1S/C21H23N3O6S2/c1-14-23-17(13-31-14)18-6-4-16(30-18)12-22-21(25)15-3-5-19(28-2)20(11-15)32(26,27)24-7-9-29-10-8-24/h3-6,11,13H,7-10,12H2,1-2H3,(H,22,25). The number of rotatable bonds is 7. The van der Waals surface area contributed by atoms with Gasteiger partial charge in [0, 0.05) is 24.0 Å². The van der Waals surface area contributed by atoms with Crippen molar-refractivity contribution in [2.24, 2.45) is 0 Å². The molecule has 170 valence electrons. The molecule has 9 nitrogen and oxygen atoms in total. The van der Waals surface area contributed by atoms with Gasteiger partial charge in [-0.1, -0.05) is 0 Å². The number of sulfonamides is 1. The number of ether oxygens (including phenoxy) is 2. The minimum atomic E-state index is -3.83. The number of nitrogens with one attached hydrogen (secondary N) is 1. The van der Waals surface area contributed by atoms with Gasteiger partial charge in [-0.15, -0.1) is 11.3 Å². The number of hydrogen-bond acceptors (Lipinski definition) is 8. The van der Waals surface area contributed by atoms with Crippen molar-refractivity contribution in [3.05, 3.63) is 52.0 Å². The Hall–Kier alpha value is -2.73. The Morgan fingerprint density at radius 2 is 2.03 bits per heavy atom. The molecule has 2 aromatic heterocycles. The van der Waals surface area contributed by atoms with Crippen molar-refractivity contribution < 1.29 is 27.1 Å². The van der Waals surface area contributed by atoms with Crippen LogP contribution in [-0.2, 0) is 21.3 Å². The Balaban J connectivity index is 1.49. The molecule has 11 heteroatoms. The highest BCUT2D eigenvalue weighted by atomic mass is 32.2. The number of carbonyl (C=O) groups is 1. The lowest BCUT2D eigenvalue weighted by Gasteiger charge is -2.26. The van der Waals surface area contributed by atoms with E-state index in [9.17, 15) is 13.2 Å². The maximum Gasteiger partial charge on any atom is 0.251 e. The summed E-state index contributed by atoms with van der Waals surface area (Å²) in [6, 6.07) is 7.92. The van der Waals surface area contributed by atoms with Crippen LogP contribution >= 0.6 is 11.3 Å². The number of benzene rings is 1. The van der Waals surface area contributed by atoms with E-state index in [0.717, 1.165) is 10.7 Å². The van der Waals surface area contributed by atoms with E-state index in [4.69, 9.17) is 13.9 Å². The van der Waals surface area contributed by atoms with Crippen LogP contribution in [0.1, 0.15) is 21.1 Å². The number of carbonyl (C=O) groups excluding carboxylic acids is 1. The van der Waals surface area contributed by atoms with Crippen molar-refractivity contribution in [2.75, 3.05) is 33.4 Å². The van der Waals surface area contributed by atoms with Crippen LogP contribution in [0.2, 0.25) is 0 Å². The van der Waals surface area contributed by atoms with Crippen molar-refractivity contribution in [3.8, 4) is 17.2 Å². The van der Waals surface area contributed by atoms with E-state index in [1.54, 1.807) is 12.1 Å². The predicted octanol–water partition coefficient (Wildman–Crippen LogP) is 2.67. The number of aromatic nitrogens is 1. The summed E-state index contributed by atoms with van der Waals surface area (Å²) in [4.78, 5) is 17.1. The lowest BCUT2D eigenvalue weighted by molar-refractivity contribution is 0.0729. The number of morpholine rings is 1. The number of amides is 1. The third-order valence-electron chi connectivity index (χ3n) is 4.97. The van der Waals surface area contributed by atoms with E-state index >= 15 is 0 Å². The molecule has 1 N–H and O–H groups in total. The zero-order valence-electron chi connectivity index (χ0n) is 17.7. The largest absolute Gasteiger partial charge is 0.495 e. The summed E-state index contributed by atoms with van der Waals surface area (Å²) >= 11 is 1.53. The summed E-state index contributed by atoms with van der Waals surface area (Å²) in [6.45, 7) is 3.23. The molecule has 1 amide bonds. The maximum atomic E-state index is 13.1. The normalized spacial score (nSPS) is 14.9. The fourth-order valence-corrected chi connectivity index (χ4v) is 5.49. The van der Waals surface area contributed by atoms with Crippen LogP contribution in [0.15, 0.2) is 45.0 Å². The van der Waals surface area contributed by atoms with E-state index in [1.165, 1.54) is 41.0 Å². The van der Waals surface area contributed by atoms with Gasteiger partial charge in [-0.3, -0.25) is 4.79 Å². The van der Waals surface area contributed by atoms with Crippen LogP contribution in [0.4, 0.5) is 0 Å². The molecule has 1 aliphatic heterocycles. The second-order valence-electron chi connectivity index (χ2n) is 7.08. The quantitative estimate of drug-likeness (QED) is 0.557. The molecule has 0 atom stereocenters. The zero-order valence-corrected chi connectivity index (χ0v) is 19.3. The maximum absolute atomic E-state index is 13.1. The predicted molar refractivity (Wildman–Crippen MR) is 118 cm³/mol. The van der Waals surface area contributed by atoms with Crippen molar-refractivity contribution in [1.82, 2.24) is 14.6 Å². The Morgan fingerprint density at radius 1 is 1.25 bits per heavy atom. The monoisotopic (exact) mass is 477 g/mol. The number of aryl methyl sites for hydroxylation is 1. The smallest absolute Gasteiger partial charge is 0.251 e. The Bertz CT molecular complexity index is 1210. The highest BCUT2D eigenvalue weighted by Gasteiger charge is 2.30. The third kappa shape index (κ3) is 4.70. The van der Waals surface area contributed by atoms with Gasteiger partial charge < -0.3 is 19.2 Å². The molecule has 0 aliphatic carbocycles. The van der Waals surface area contributed by atoms with Crippen LogP contribution in [0.5, 0.6) is 5.75 Å². The summed E-state index contributed by atoms with van der Waals surface area (Å²) in [5, 5.41) is 5.61.